The zero-order chi connectivity index (χ0) is 18.1. The summed E-state index contributed by atoms with van der Waals surface area (Å²) in [4.78, 5) is 12.2. The Morgan fingerprint density at radius 1 is 1.24 bits per heavy atom. The molecular weight excluding hydrogens is 406 g/mol. The van der Waals surface area contributed by atoms with Crippen molar-refractivity contribution >= 4 is 50.1 Å². The number of hydrazone groups is 1. The third-order valence-electron chi connectivity index (χ3n) is 3.90. The lowest BCUT2D eigenvalue weighted by atomic mass is 10.2. The van der Waals surface area contributed by atoms with Crippen molar-refractivity contribution in [2.45, 2.75) is 6.92 Å². The number of benzene rings is 2. The van der Waals surface area contributed by atoms with E-state index in [0.29, 0.717) is 15.2 Å². The van der Waals surface area contributed by atoms with E-state index in [2.05, 4.69) is 26.5 Å². The van der Waals surface area contributed by atoms with Gasteiger partial charge < -0.3 is 9.67 Å². The minimum Gasteiger partial charge on any atom is -0.507 e. The highest BCUT2D eigenvalue weighted by atomic mass is 79.9. The van der Waals surface area contributed by atoms with E-state index >= 15 is 0 Å². The van der Waals surface area contributed by atoms with Crippen molar-refractivity contribution in [1.29, 1.82) is 0 Å². The van der Waals surface area contributed by atoms with Crippen LogP contribution < -0.4 is 5.43 Å². The number of aromatic nitrogens is 1. The molecule has 0 radical (unpaired) electrons. The van der Waals surface area contributed by atoms with E-state index in [-0.39, 0.29) is 11.3 Å². The van der Waals surface area contributed by atoms with E-state index in [1.54, 1.807) is 13.0 Å². The van der Waals surface area contributed by atoms with E-state index in [1.165, 1.54) is 12.1 Å². The monoisotopic (exact) mass is 419 g/mol. The summed E-state index contributed by atoms with van der Waals surface area (Å²) in [5.41, 5.74) is 5.14. The average molecular weight is 421 g/mol. The van der Waals surface area contributed by atoms with Crippen LogP contribution >= 0.6 is 27.5 Å². The first kappa shape index (κ1) is 17.5. The topological polar surface area (TPSA) is 66.6 Å². The summed E-state index contributed by atoms with van der Waals surface area (Å²) >= 11 is 9.31. The predicted octanol–water partition coefficient (Wildman–Crippen LogP) is 4.45. The van der Waals surface area contributed by atoms with E-state index in [1.807, 2.05) is 35.9 Å². The lowest BCUT2D eigenvalue weighted by Gasteiger charge is -2.06. The third kappa shape index (κ3) is 3.55. The van der Waals surface area contributed by atoms with Gasteiger partial charge in [0.15, 0.2) is 0 Å². The molecule has 0 fully saturated rings. The van der Waals surface area contributed by atoms with Gasteiger partial charge in [0, 0.05) is 27.4 Å². The molecule has 1 heterocycles. The van der Waals surface area contributed by atoms with E-state index in [0.717, 1.165) is 16.6 Å². The van der Waals surface area contributed by atoms with Crippen LogP contribution in [0.25, 0.3) is 10.9 Å². The van der Waals surface area contributed by atoms with Crippen LogP contribution in [0.4, 0.5) is 0 Å². The number of nitrogens with one attached hydrogen (secondary N) is 1. The maximum absolute atomic E-state index is 12.2. The highest BCUT2D eigenvalue weighted by Crippen LogP contribution is 2.23. The SMILES string of the molecule is C/C(=N\NC(=O)c1cc(Br)ccc1O)c1cc2cc(Cl)ccc2n1C. The molecule has 0 aliphatic carbocycles. The Bertz CT molecular complexity index is 1010. The molecule has 0 aliphatic heterocycles. The first-order valence-electron chi connectivity index (χ1n) is 7.45. The van der Waals surface area contributed by atoms with Gasteiger partial charge in [0.05, 0.1) is 17.0 Å². The van der Waals surface area contributed by atoms with Gasteiger partial charge in [0.25, 0.3) is 5.91 Å². The normalized spacial score (nSPS) is 11.8. The Labute approximate surface area is 158 Å². The number of hydrogen-bond acceptors (Lipinski definition) is 3. The number of nitrogens with zero attached hydrogens (tertiary/aromatic N) is 2. The molecule has 1 aromatic heterocycles. The van der Waals surface area contributed by atoms with Gasteiger partial charge in [-0.15, -0.1) is 0 Å². The van der Waals surface area contributed by atoms with Crippen LogP contribution in [0.1, 0.15) is 23.0 Å². The second-order valence-electron chi connectivity index (χ2n) is 5.59. The van der Waals surface area contributed by atoms with Crippen LogP contribution in [0.15, 0.2) is 52.0 Å². The quantitative estimate of drug-likeness (QED) is 0.485. The number of hydrogen-bond donors (Lipinski definition) is 2. The molecule has 0 unspecified atom stereocenters. The summed E-state index contributed by atoms with van der Waals surface area (Å²) in [6.07, 6.45) is 0. The van der Waals surface area contributed by atoms with Crippen molar-refractivity contribution < 1.29 is 9.90 Å². The van der Waals surface area contributed by atoms with Gasteiger partial charge >= 0.3 is 0 Å². The Hall–Kier alpha value is -2.31. The molecule has 0 bridgehead atoms. The molecule has 0 spiro atoms. The molecule has 2 N–H and O–H groups in total. The maximum Gasteiger partial charge on any atom is 0.275 e. The van der Waals surface area contributed by atoms with Crippen LogP contribution in [-0.2, 0) is 7.05 Å². The van der Waals surface area contributed by atoms with Crippen LogP contribution in [0.3, 0.4) is 0 Å². The summed E-state index contributed by atoms with van der Waals surface area (Å²) in [5, 5.41) is 15.6. The van der Waals surface area contributed by atoms with Gasteiger partial charge in [-0.1, -0.05) is 27.5 Å². The molecule has 2 aromatic carbocycles. The Kier molecular flexibility index (Phi) is 4.83. The van der Waals surface area contributed by atoms with Crippen molar-refractivity contribution in [2.75, 3.05) is 0 Å². The number of fused-ring (bicyclic) bond motifs is 1. The number of aryl methyl sites for hydroxylation is 1. The number of amides is 1. The summed E-state index contributed by atoms with van der Waals surface area (Å²) in [7, 11) is 1.92. The minimum atomic E-state index is -0.486. The molecule has 1 amide bonds. The van der Waals surface area contributed by atoms with Crippen molar-refractivity contribution in [3.05, 3.63) is 63.2 Å². The van der Waals surface area contributed by atoms with Crippen LogP contribution in [0.2, 0.25) is 5.02 Å². The zero-order valence-electron chi connectivity index (χ0n) is 13.5. The second-order valence-corrected chi connectivity index (χ2v) is 6.94. The first-order valence-corrected chi connectivity index (χ1v) is 8.62. The van der Waals surface area contributed by atoms with E-state index < -0.39 is 5.91 Å². The van der Waals surface area contributed by atoms with Crippen molar-refractivity contribution in [1.82, 2.24) is 9.99 Å². The molecule has 128 valence electrons. The van der Waals surface area contributed by atoms with Gasteiger partial charge in [-0.05, 0) is 49.4 Å². The molecule has 25 heavy (non-hydrogen) atoms. The predicted molar refractivity (Wildman–Crippen MR) is 103 cm³/mol. The molecule has 7 heteroatoms. The van der Waals surface area contributed by atoms with Gasteiger partial charge in [0.1, 0.15) is 5.75 Å². The van der Waals surface area contributed by atoms with Gasteiger partial charge in [-0.3, -0.25) is 4.79 Å². The van der Waals surface area contributed by atoms with Crippen LogP contribution in [0, 0.1) is 0 Å². The zero-order valence-corrected chi connectivity index (χ0v) is 15.9. The first-order chi connectivity index (χ1) is 11.9. The molecule has 0 saturated carbocycles. The summed E-state index contributed by atoms with van der Waals surface area (Å²) in [6, 6.07) is 12.2. The highest BCUT2D eigenvalue weighted by molar-refractivity contribution is 9.10. The summed E-state index contributed by atoms with van der Waals surface area (Å²) < 4.78 is 2.68. The number of carbonyl (C=O) groups excluding carboxylic acids is 1. The highest BCUT2D eigenvalue weighted by Gasteiger charge is 2.13. The van der Waals surface area contributed by atoms with Crippen LogP contribution in [-0.4, -0.2) is 21.3 Å². The standard InChI is InChI=1S/C18H15BrClN3O2/c1-10(16-8-11-7-13(20)4-5-15(11)23(16)2)21-22-18(25)14-9-12(19)3-6-17(14)24/h3-9,24H,1-2H3,(H,22,25)/b21-10+. The lowest BCUT2D eigenvalue weighted by Crippen LogP contribution is -2.20. The van der Waals surface area contributed by atoms with E-state index in [9.17, 15) is 9.90 Å². The number of aromatic hydroxyl groups is 1. The average Bonchev–Trinajstić information content (AvgIpc) is 2.90. The van der Waals surface area contributed by atoms with Gasteiger partial charge in [0.2, 0.25) is 0 Å². The van der Waals surface area contributed by atoms with Gasteiger partial charge in [-0.2, -0.15) is 5.10 Å². The Morgan fingerprint density at radius 3 is 2.76 bits per heavy atom. The fourth-order valence-corrected chi connectivity index (χ4v) is 3.15. The van der Waals surface area contributed by atoms with Gasteiger partial charge in [-0.25, -0.2) is 5.43 Å². The minimum absolute atomic E-state index is 0.104. The summed E-state index contributed by atoms with van der Waals surface area (Å²) in [6.45, 7) is 1.80. The van der Waals surface area contributed by atoms with Crippen molar-refractivity contribution in [3.63, 3.8) is 0 Å². The fraction of sp³-hybridized carbons (Fsp3) is 0.111. The molecule has 0 saturated heterocycles. The lowest BCUT2D eigenvalue weighted by molar-refractivity contribution is 0.0952. The van der Waals surface area contributed by atoms with Crippen LogP contribution in [0.5, 0.6) is 5.75 Å². The second kappa shape index (κ2) is 6.90. The summed E-state index contributed by atoms with van der Waals surface area (Å²) in [5.74, 6) is -0.590. The number of rotatable bonds is 3. The smallest absolute Gasteiger partial charge is 0.275 e. The molecule has 5 nitrogen and oxygen atoms in total. The van der Waals surface area contributed by atoms with Crippen molar-refractivity contribution in [3.8, 4) is 5.75 Å². The largest absolute Gasteiger partial charge is 0.507 e. The fourth-order valence-electron chi connectivity index (χ4n) is 2.61. The number of phenolic OH excluding ortho intramolecular Hbond substituents is 1. The van der Waals surface area contributed by atoms with E-state index in [4.69, 9.17) is 11.6 Å². The van der Waals surface area contributed by atoms with Crippen molar-refractivity contribution in [2.24, 2.45) is 12.1 Å². The number of phenols is 1. The molecule has 3 rings (SSSR count). The Morgan fingerprint density at radius 2 is 2.00 bits per heavy atom. The Balaban J connectivity index is 1.88. The third-order valence-corrected chi connectivity index (χ3v) is 4.63. The number of carbonyl (C=O) groups is 1. The molecular formula is C18H15BrClN3O2. The molecule has 3 aromatic rings. The maximum atomic E-state index is 12.2. The number of halogens is 2. The molecule has 0 atom stereocenters. The molecule has 0 aliphatic rings.